The molecule has 15 heavy (non-hydrogen) atoms. The SMILES string of the molecule is NCc1c(OC(F)(F)F)cnc(Cl)c1Br. The number of rotatable bonds is 2. The summed E-state index contributed by atoms with van der Waals surface area (Å²) in [6.45, 7) is -0.145. The molecule has 0 amide bonds. The highest BCUT2D eigenvalue weighted by Crippen LogP contribution is 2.33. The number of aromatic nitrogens is 1. The second kappa shape index (κ2) is 4.54. The highest BCUT2D eigenvalue weighted by molar-refractivity contribution is 9.10. The van der Waals surface area contributed by atoms with Crippen molar-refractivity contribution in [1.82, 2.24) is 4.98 Å². The molecule has 0 aliphatic heterocycles. The summed E-state index contributed by atoms with van der Waals surface area (Å²) in [7, 11) is 0. The Bertz CT molecular complexity index is 372. The van der Waals surface area contributed by atoms with E-state index in [0.717, 1.165) is 6.20 Å². The minimum Gasteiger partial charge on any atom is -0.404 e. The van der Waals surface area contributed by atoms with E-state index in [1.165, 1.54) is 0 Å². The zero-order valence-corrected chi connectivity index (χ0v) is 9.45. The average Bonchev–Trinajstić information content (AvgIpc) is 2.10. The summed E-state index contributed by atoms with van der Waals surface area (Å²) >= 11 is 8.56. The molecule has 3 nitrogen and oxygen atoms in total. The summed E-state index contributed by atoms with van der Waals surface area (Å²) in [4.78, 5) is 3.51. The minimum atomic E-state index is -4.78. The van der Waals surface area contributed by atoms with Crippen molar-refractivity contribution in [1.29, 1.82) is 0 Å². The standard InChI is InChI=1S/C7H5BrClF3N2O/c8-5-3(1-13)4(2-14-6(5)9)15-7(10,11)12/h2H,1,13H2. The molecule has 0 aliphatic rings. The summed E-state index contributed by atoms with van der Waals surface area (Å²) in [5, 5.41) is 0.0324. The van der Waals surface area contributed by atoms with E-state index < -0.39 is 12.1 Å². The lowest BCUT2D eigenvalue weighted by Gasteiger charge is -2.13. The third-order valence-corrected chi connectivity index (χ3v) is 2.84. The molecule has 1 aromatic heterocycles. The zero-order chi connectivity index (χ0) is 11.6. The first-order chi connectivity index (χ1) is 6.85. The van der Waals surface area contributed by atoms with Crippen LogP contribution < -0.4 is 10.5 Å². The van der Waals surface area contributed by atoms with Crippen LogP contribution in [0, 0.1) is 0 Å². The van der Waals surface area contributed by atoms with Crippen molar-refractivity contribution in [3.63, 3.8) is 0 Å². The number of nitrogens with zero attached hydrogens (tertiary/aromatic N) is 1. The lowest BCUT2D eigenvalue weighted by atomic mass is 10.2. The maximum atomic E-state index is 12.0. The Morgan fingerprint density at radius 3 is 2.60 bits per heavy atom. The number of hydrogen-bond donors (Lipinski definition) is 1. The lowest BCUT2D eigenvalue weighted by molar-refractivity contribution is -0.275. The van der Waals surface area contributed by atoms with Gasteiger partial charge >= 0.3 is 6.36 Å². The largest absolute Gasteiger partial charge is 0.573 e. The lowest BCUT2D eigenvalue weighted by Crippen LogP contribution is -2.19. The zero-order valence-electron chi connectivity index (χ0n) is 7.11. The molecule has 0 unspecified atom stereocenters. The van der Waals surface area contributed by atoms with Gasteiger partial charge in [-0.2, -0.15) is 0 Å². The van der Waals surface area contributed by atoms with Crippen molar-refractivity contribution >= 4 is 27.5 Å². The van der Waals surface area contributed by atoms with Crippen molar-refractivity contribution < 1.29 is 17.9 Å². The Morgan fingerprint density at radius 1 is 1.53 bits per heavy atom. The topological polar surface area (TPSA) is 48.1 Å². The Labute approximate surface area is 96.5 Å². The molecule has 0 saturated carbocycles. The average molecular weight is 305 g/mol. The van der Waals surface area contributed by atoms with Gasteiger partial charge in [0.1, 0.15) is 5.15 Å². The first-order valence-electron chi connectivity index (χ1n) is 3.64. The quantitative estimate of drug-likeness (QED) is 0.855. The van der Waals surface area contributed by atoms with Gasteiger partial charge in [-0.15, -0.1) is 13.2 Å². The molecule has 0 bridgehead atoms. The highest BCUT2D eigenvalue weighted by Gasteiger charge is 2.32. The van der Waals surface area contributed by atoms with Gasteiger partial charge in [0.05, 0.1) is 10.7 Å². The van der Waals surface area contributed by atoms with Crippen LogP contribution in [0.15, 0.2) is 10.7 Å². The summed E-state index contributed by atoms with van der Waals surface area (Å²) in [5.74, 6) is -0.457. The van der Waals surface area contributed by atoms with Crippen molar-refractivity contribution in [2.45, 2.75) is 12.9 Å². The predicted molar refractivity (Wildman–Crippen MR) is 51.5 cm³/mol. The number of pyridine rings is 1. The number of halogens is 5. The molecule has 0 atom stereocenters. The highest BCUT2D eigenvalue weighted by atomic mass is 79.9. The molecule has 0 saturated heterocycles. The van der Waals surface area contributed by atoms with E-state index >= 15 is 0 Å². The van der Waals surface area contributed by atoms with Gasteiger partial charge in [0.15, 0.2) is 5.75 Å². The van der Waals surface area contributed by atoms with Gasteiger partial charge in [-0.1, -0.05) is 11.6 Å². The van der Waals surface area contributed by atoms with E-state index in [9.17, 15) is 13.2 Å². The van der Waals surface area contributed by atoms with Crippen LogP contribution >= 0.6 is 27.5 Å². The van der Waals surface area contributed by atoms with Gasteiger partial charge in [-0.3, -0.25) is 0 Å². The van der Waals surface area contributed by atoms with Gasteiger partial charge in [-0.25, -0.2) is 4.98 Å². The van der Waals surface area contributed by atoms with Crippen LogP contribution in [0.3, 0.4) is 0 Å². The molecule has 1 rings (SSSR count). The molecule has 84 valence electrons. The van der Waals surface area contributed by atoms with E-state index in [1.54, 1.807) is 0 Å². The van der Waals surface area contributed by atoms with E-state index in [1.807, 2.05) is 0 Å². The van der Waals surface area contributed by atoms with Gasteiger partial charge in [0.25, 0.3) is 0 Å². The van der Waals surface area contributed by atoms with Crippen molar-refractivity contribution in [3.8, 4) is 5.75 Å². The second-order valence-electron chi connectivity index (χ2n) is 2.46. The number of nitrogens with two attached hydrogens (primary N) is 1. The van der Waals surface area contributed by atoms with Crippen LogP contribution in [-0.2, 0) is 6.54 Å². The molecule has 1 heterocycles. The minimum absolute atomic E-state index is 0.0324. The summed E-state index contributed by atoms with van der Waals surface area (Å²) in [6, 6.07) is 0. The van der Waals surface area contributed by atoms with Crippen molar-refractivity contribution in [2.75, 3.05) is 0 Å². The number of alkyl halides is 3. The van der Waals surface area contributed by atoms with Crippen molar-refractivity contribution in [3.05, 3.63) is 21.4 Å². The summed E-state index contributed by atoms with van der Waals surface area (Å²) in [6.07, 6.45) is -3.90. The summed E-state index contributed by atoms with van der Waals surface area (Å²) in [5.41, 5.74) is 5.39. The van der Waals surface area contributed by atoms with E-state index in [-0.39, 0.29) is 21.7 Å². The first-order valence-corrected chi connectivity index (χ1v) is 4.81. The Kier molecular flexibility index (Phi) is 3.80. The number of ether oxygens (including phenoxy) is 1. The second-order valence-corrected chi connectivity index (χ2v) is 3.61. The molecule has 2 N–H and O–H groups in total. The normalized spacial score (nSPS) is 11.6. The molecule has 0 aromatic carbocycles. The summed E-state index contributed by atoms with van der Waals surface area (Å²) < 4.78 is 39.8. The maximum absolute atomic E-state index is 12.0. The van der Waals surface area contributed by atoms with Gasteiger partial charge in [0, 0.05) is 12.1 Å². The molecule has 0 spiro atoms. The van der Waals surface area contributed by atoms with E-state index in [2.05, 4.69) is 25.7 Å². The fourth-order valence-electron chi connectivity index (χ4n) is 0.885. The molecule has 0 aliphatic carbocycles. The van der Waals surface area contributed by atoms with E-state index in [4.69, 9.17) is 17.3 Å². The molecule has 0 radical (unpaired) electrons. The fourth-order valence-corrected chi connectivity index (χ4v) is 1.51. The van der Waals surface area contributed by atoms with Crippen LogP contribution in [0.5, 0.6) is 5.75 Å². The van der Waals surface area contributed by atoms with Crippen LogP contribution in [0.2, 0.25) is 5.15 Å². The van der Waals surface area contributed by atoms with Crippen LogP contribution in [-0.4, -0.2) is 11.3 Å². The molecule has 1 aromatic rings. The maximum Gasteiger partial charge on any atom is 0.573 e. The van der Waals surface area contributed by atoms with Crippen LogP contribution in [0.1, 0.15) is 5.56 Å². The molecule has 0 fully saturated rings. The van der Waals surface area contributed by atoms with E-state index in [0.29, 0.717) is 0 Å². The van der Waals surface area contributed by atoms with Gasteiger partial charge in [0.2, 0.25) is 0 Å². The van der Waals surface area contributed by atoms with Gasteiger partial charge in [-0.05, 0) is 15.9 Å². The number of hydrogen-bond acceptors (Lipinski definition) is 3. The Balaban J connectivity index is 3.14. The molecule has 8 heteroatoms. The predicted octanol–water partition coefficient (Wildman–Crippen LogP) is 2.85. The third-order valence-electron chi connectivity index (χ3n) is 1.47. The van der Waals surface area contributed by atoms with Crippen molar-refractivity contribution in [2.24, 2.45) is 5.73 Å². The molecular weight excluding hydrogens is 300 g/mol. The smallest absolute Gasteiger partial charge is 0.404 e. The first kappa shape index (κ1) is 12.5. The fraction of sp³-hybridized carbons (Fsp3) is 0.286. The Hall–Kier alpha value is -0.530. The monoisotopic (exact) mass is 304 g/mol. The Morgan fingerprint density at radius 2 is 2.13 bits per heavy atom. The van der Waals surface area contributed by atoms with Gasteiger partial charge < -0.3 is 10.5 Å². The third kappa shape index (κ3) is 3.22. The van der Waals surface area contributed by atoms with Crippen LogP contribution in [0.4, 0.5) is 13.2 Å². The van der Waals surface area contributed by atoms with Crippen LogP contribution in [0.25, 0.3) is 0 Å². The molecular formula is C7H5BrClF3N2O.